The zero-order chi connectivity index (χ0) is 21.7. The molecule has 162 valence electrons. The monoisotopic (exact) mass is 427 g/mol. The summed E-state index contributed by atoms with van der Waals surface area (Å²) in [5, 5.41) is 0.815. The molecule has 1 unspecified atom stereocenters. The lowest BCUT2D eigenvalue weighted by molar-refractivity contribution is 0.355. The van der Waals surface area contributed by atoms with Gasteiger partial charge >= 0.3 is 0 Å². The van der Waals surface area contributed by atoms with E-state index in [-0.39, 0.29) is 5.56 Å². The van der Waals surface area contributed by atoms with E-state index in [1.807, 2.05) is 31.4 Å². The fourth-order valence-corrected chi connectivity index (χ4v) is 5.44. The van der Waals surface area contributed by atoms with Gasteiger partial charge in [-0.15, -0.1) is 11.3 Å². The topological polar surface area (TPSA) is 40.5 Å². The first kappa shape index (κ1) is 22.4. The molecule has 0 aliphatic carbocycles. The molecule has 0 amide bonds. The van der Waals surface area contributed by atoms with Crippen molar-refractivity contribution in [3.63, 3.8) is 0 Å². The number of ether oxygens (including phenoxy) is 2. The summed E-state index contributed by atoms with van der Waals surface area (Å²) in [7, 11) is 5.11. The second kappa shape index (κ2) is 10.2. The van der Waals surface area contributed by atoms with Crippen LogP contribution in [-0.4, -0.2) is 18.8 Å². The van der Waals surface area contributed by atoms with Gasteiger partial charge in [-0.3, -0.25) is 4.79 Å². The number of thiophene rings is 1. The van der Waals surface area contributed by atoms with Crippen LogP contribution in [0.5, 0.6) is 11.5 Å². The summed E-state index contributed by atoms with van der Waals surface area (Å²) in [6.45, 7) is 4.51. The highest BCUT2D eigenvalue weighted by Gasteiger charge is 2.17. The lowest BCUT2D eigenvalue weighted by Crippen LogP contribution is -2.15. The van der Waals surface area contributed by atoms with Gasteiger partial charge in [0.25, 0.3) is 5.56 Å². The molecule has 3 aromatic rings. The van der Waals surface area contributed by atoms with Crippen LogP contribution in [0.4, 0.5) is 0 Å². The largest absolute Gasteiger partial charge is 0.493 e. The maximum Gasteiger partial charge on any atom is 0.259 e. The Morgan fingerprint density at radius 2 is 1.80 bits per heavy atom. The molecule has 0 spiro atoms. The first-order chi connectivity index (χ1) is 14.5. The van der Waals surface area contributed by atoms with Crippen molar-refractivity contribution in [3.8, 4) is 22.6 Å². The summed E-state index contributed by atoms with van der Waals surface area (Å²) in [5.74, 6) is 2.08. The molecule has 30 heavy (non-hydrogen) atoms. The Bertz CT molecular complexity index is 1050. The molecule has 1 atom stereocenters. The van der Waals surface area contributed by atoms with E-state index < -0.39 is 0 Å². The zero-order valence-electron chi connectivity index (χ0n) is 18.8. The molecule has 0 saturated carbocycles. The molecule has 2 heterocycles. The molecule has 3 rings (SSSR count). The summed E-state index contributed by atoms with van der Waals surface area (Å²) in [6.07, 6.45) is 9.21. The van der Waals surface area contributed by atoms with E-state index in [4.69, 9.17) is 9.47 Å². The van der Waals surface area contributed by atoms with E-state index in [9.17, 15) is 4.79 Å². The maximum atomic E-state index is 12.9. The number of aryl methyl sites for hydroxylation is 1. The minimum atomic E-state index is 0.0670. The number of methoxy groups -OCH3 is 2. The third-order valence-corrected chi connectivity index (χ3v) is 6.94. The van der Waals surface area contributed by atoms with Gasteiger partial charge in [0.15, 0.2) is 11.5 Å². The quantitative estimate of drug-likeness (QED) is 0.374. The normalized spacial score (nSPS) is 12.3. The Hall–Kier alpha value is -2.27. The van der Waals surface area contributed by atoms with Crippen molar-refractivity contribution in [1.29, 1.82) is 0 Å². The van der Waals surface area contributed by atoms with Crippen LogP contribution in [0.1, 0.15) is 50.8 Å². The van der Waals surface area contributed by atoms with Crippen LogP contribution in [0, 0.1) is 5.92 Å². The van der Waals surface area contributed by atoms with Gasteiger partial charge in [0.05, 0.1) is 19.6 Å². The van der Waals surface area contributed by atoms with Crippen molar-refractivity contribution >= 4 is 21.4 Å². The summed E-state index contributed by atoms with van der Waals surface area (Å²) in [5.41, 5.74) is 2.15. The third kappa shape index (κ3) is 4.72. The molecule has 4 nitrogen and oxygen atoms in total. The summed E-state index contributed by atoms with van der Waals surface area (Å²) in [6, 6.07) is 8.06. The van der Waals surface area contributed by atoms with E-state index in [2.05, 4.69) is 19.9 Å². The molecule has 0 fully saturated rings. The molecular weight excluding hydrogens is 394 g/mol. The van der Waals surface area contributed by atoms with Crippen molar-refractivity contribution in [3.05, 3.63) is 45.7 Å². The molecule has 5 heteroatoms. The second-order valence-corrected chi connectivity index (χ2v) is 9.12. The summed E-state index contributed by atoms with van der Waals surface area (Å²) in [4.78, 5) is 14.2. The fraction of sp³-hybridized carbons (Fsp3) is 0.480. The first-order valence-electron chi connectivity index (χ1n) is 10.9. The molecule has 0 radical (unpaired) electrons. The highest BCUT2D eigenvalue weighted by Crippen LogP contribution is 2.38. The maximum absolute atomic E-state index is 12.9. The predicted molar refractivity (Wildman–Crippen MR) is 127 cm³/mol. The van der Waals surface area contributed by atoms with Gasteiger partial charge in [-0.05, 0) is 36.1 Å². The fourth-order valence-electron chi connectivity index (χ4n) is 4.15. The first-order valence-corrected chi connectivity index (χ1v) is 11.7. The number of pyridine rings is 1. The molecule has 0 saturated heterocycles. The van der Waals surface area contributed by atoms with Gasteiger partial charge in [-0.1, -0.05) is 52.0 Å². The van der Waals surface area contributed by atoms with E-state index >= 15 is 0 Å². The number of rotatable bonds is 10. The molecule has 0 aliphatic heterocycles. The van der Waals surface area contributed by atoms with E-state index in [1.165, 1.54) is 37.0 Å². The van der Waals surface area contributed by atoms with Gasteiger partial charge in [0.1, 0.15) is 0 Å². The molecule has 0 aliphatic rings. The summed E-state index contributed by atoms with van der Waals surface area (Å²) < 4.78 is 13.6. The van der Waals surface area contributed by atoms with Gasteiger partial charge in [-0.2, -0.15) is 0 Å². The van der Waals surface area contributed by atoms with Crippen LogP contribution in [-0.2, 0) is 13.5 Å². The van der Waals surface area contributed by atoms with Crippen LogP contribution in [0.25, 0.3) is 21.2 Å². The average molecular weight is 428 g/mol. The van der Waals surface area contributed by atoms with Crippen LogP contribution in [0.2, 0.25) is 0 Å². The number of hydrogen-bond acceptors (Lipinski definition) is 4. The molecule has 2 aromatic heterocycles. The Balaban J connectivity index is 2.06. The lowest BCUT2D eigenvalue weighted by atomic mass is 9.93. The van der Waals surface area contributed by atoms with Gasteiger partial charge < -0.3 is 14.0 Å². The predicted octanol–water partition coefficient (Wildman–Crippen LogP) is 6.43. The molecule has 1 aromatic carbocycles. The van der Waals surface area contributed by atoms with Gasteiger partial charge in [0, 0.05) is 28.4 Å². The zero-order valence-corrected chi connectivity index (χ0v) is 19.6. The van der Waals surface area contributed by atoms with Gasteiger partial charge in [-0.25, -0.2) is 0 Å². The van der Waals surface area contributed by atoms with E-state index in [1.54, 1.807) is 30.1 Å². The highest BCUT2D eigenvalue weighted by molar-refractivity contribution is 7.19. The molecule has 0 N–H and O–H groups in total. The van der Waals surface area contributed by atoms with Crippen LogP contribution in [0.3, 0.4) is 0 Å². The number of unbranched alkanes of at least 4 members (excludes halogenated alkanes) is 1. The number of nitrogens with zero attached hydrogens (tertiary/aromatic N) is 1. The average Bonchev–Trinajstić information content (AvgIpc) is 3.18. The third-order valence-electron chi connectivity index (χ3n) is 5.75. The number of aromatic nitrogens is 1. The lowest BCUT2D eigenvalue weighted by Gasteiger charge is -2.14. The Morgan fingerprint density at radius 1 is 1.03 bits per heavy atom. The molecular formula is C25H33NO3S. The smallest absolute Gasteiger partial charge is 0.259 e. The van der Waals surface area contributed by atoms with Crippen molar-refractivity contribution < 1.29 is 9.47 Å². The van der Waals surface area contributed by atoms with E-state index in [0.29, 0.717) is 17.4 Å². The Labute approximate surface area is 183 Å². The number of hydrogen-bond donors (Lipinski definition) is 0. The van der Waals surface area contributed by atoms with Crippen molar-refractivity contribution in [2.24, 2.45) is 13.0 Å². The van der Waals surface area contributed by atoms with Crippen molar-refractivity contribution in [1.82, 2.24) is 4.57 Å². The standard InChI is InChI=1S/C25H33NO3S/c1-6-8-10-17(9-7-2)13-19-15-20-24(30-19)21(16-26(3)25(20)27)18-11-12-22(28-4)23(14-18)29-5/h11-12,14-17H,6-10,13H2,1-5H3. The van der Waals surface area contributed by atoms with E-state index in [0.717, 1.165) is 27.6 Å². The SMILES string of the molecule is CCCCC(CCC)Cc1cc2c(=O)n(C)cc(-c3ccc(OC)c(OC)c3)c2s1. The van der Waals surface area contributed by atoms with Crippen LogP contribution >= 0.6 is 11.3 Å². The van der Waals surface area contributed by atoms with Crippen molar-refractivity contribution in [2.75, 3.05) is 14.2 Å². The van der Waals surface area contributed by atoms with Crippen molar-refractivity contribution in [2.45, 2.75) is 52.4 Å². The number of fused-ring (bicyclic) bond motifs is 1. The Kier molecular flexibility index (Phi) is 7.59. The minimum Gasteiger partial charge on any atom is -0.493 e. The minimum absolute atomic E-state index is 0.0670. The second-order valence-electron chi connectivity index (χ2n) is 7.99. The number of benzene rings is 1. The highest BCUT2D eigenvalue weighted by atomic mass is 32.1. The van der Waals surface area contributed by atoms with Crippen LogP contribution < -0.4 is 15.0 Å². The summed E-state index contributed by atoms with van der Waals surface area (Å²) >= 11 is 1.77. The van der Waals surface area contributed by atoms with Crippen LogP contribution in [0.15, 0.2) is 35.3 Å². The molecule has 0 bridgehead atoms. The van der Waals surface area contributed by atoms with Gasteiger partial charge in [0.2, 0.25) is 0 Å². The Morgan fingerprint density at radius 3 is 2.47 bits per heavy atom.